The molecule has 0 fully saturated rings. The molecule has 0 radical (unpaired) electrons. The molecule has 0 unspecified atom stereocenters. The van der Waals surface area contributed by atoms with E-state index in [0.717, 1.165) is 27.2 Å². The van der Waals surface area contributed by atoms with Crippen molar-refractivity contribution in [2.75, 3.05) is 13.2 Å². The zero-order valence-electron chi connectivity index (χ0n) is 13.5. The van der Waals surface area contributed by atoms with Crippen molar-refractivity contribution in [1.29, 1.82) is 0 Å². The van der Waals surface area contributed by atoms with Gasteiger partial charge in [-0.2, -0.15) is 5.10 Å². The molecule has 6 heteroatoms. The largest absolute Gasteiger partial charge is 0.490 e. The number of nitrogens with zero attached hydrogens (tertiary/aromatic N) is 2. The highest BCUT2D eigenvalue weighted by Crippen LogP contribution is 2.32. The van der Waals surface area contributed by atoms with E-state index in [0.29, 0.717) is 24.8 Å². The van der Waals surface area contributed by atoms with Gasteiger partial charge in [0.15, 0.2) is 23.1 Å². The molecular formula is C18H18BrN3O2. The molecule has 0 spiro atoms. The lowest BCUT2D eigenvalue weighted by molar-refractivity contribution is 0.288. The highest BCUT2D eigenvalue weighted by molar-refractivity contribution is 9.10. The van der Waals surface area contributed by atoms with Gasteiger partial charge >= 0.3 is 0 Å². The van der Waals surface area contributed by atoms with Gasteiger partial charge in [0.25, 0.3) is 0 Å². The number of hydrogen-bond donors (Lipinski definition) is 1. The fourth-order valence-electron chi connectivity index (χ4n) is 2.32. The Labute approximate surface area is 149 Å². The van der Waals surface area contributed by atoms with Crippen LogP contribution in [0.15, 0.2) is 46.9 Å². The Bertz CT molecular complexity index is 815. The first kappa shape index (κ1) is 16.5. The summed E-state index contributed by atoms with van der Waals surface area (Å²) in [7, 11) is 0. The van der Waals surface area contributed by atoms with Gasteiger partial charge in [-0.1, -0.05) is 28.1 Å². The van der Waals surface area contributed by atoms with E-state index in [1.165, 1.54) is 0 Å². The summed E-state index contributed by atoms with van der Waals surface area (Å²) in [5, 5.41) is 7.30. The number of ether oxygens (including phenoxy) is 2. The van der Waals surface area contributed by atoms with E-state index >= 15 is 0 Å². The Hall–Kier alpha value is -2.34. The van der Waals surface area contributed by atoms with Crippen molar-refractivity contribution in [2.24, 2.45) is 0 Å². The Morgan fingerprint density at radius 1 is 0.917 bits per heavy atom. The number of nitrogens with one attached hydrogen (secondary N) is 1. The van der Waals surface area contributed by atoms with Crippen LogP contribution in [-0.4, -0.2) is 28.4 Å². The molecule has 0 bridgehead atoms. The summed E-state index contributed by atoms with van der Waals surface area (Å²) in [6, 6.07) is 13.6. The van der Waals surface area contributed by atoms with Gasteiger partial charge in [0.1, 0.15) is 0 Å². The van der Waals surface area contributed by atoms with Crippen LogP contribution in [0.4, 0.5) is 0 Å². The van der Waals surface area contributed by atoms with E-state index < -0.39 is 0 Å². The van der Waals surface area contributed by atoms with Crippen LogP contribution in [-0.2, 0) is 0 Å². The van der Waals surface area contributed by atoms with Crippen molar-refractivity contribution in [3.05, 3.63) is 46.9 Å². The monoisotopic (exact) mass is 387 g/mol. The van der Waals surface area contributed by atoms with Gasteiger partial charge in [0, 0.05) is 15.6 Å². The van der Waals surface area contributed by atoms with Crippen LogP contribution in [0.1, 0.15) is 13.8 Å². The van der Waals surface area contributed by atoms with Crippen LogP contribution in [0.2, 0.25) is 0 Å². The topological polar surface area (TPSA) is 60.0 Å². The van der Waals surface area contributed by atoms with Crippen molar-refractivity contribution < 1.29 is 9.47 Å². The first-order valence-electron chi connectivity index (χ1n) is 7.79. The second-order valence-corrected chi connectivity index (χ2v) is 5.96. The fourth-order valence-corrected chi connectivity index (χ4v) is 2.58. The maximum absolute atomic E-state index is 5.66. The minimum Gasteiger partial charge on any atom is -0.490 e. The first-order chi connectivity index (χ1) is 11.7. The van der Waals surface area contributed by atoms with Crippen molar-refractivity contribution >= 4 is 15.9 Å². The molecule has 0 aliphatic rings. The molecule has 0 amide bonds. The molecule has 124 valence electrons. The molecule has 3 rings (SSSR count). The maximum atomic E-state index is 5.66. The second-order valence-electron chi connectivity index (χ2n) is 5.04. The molecule has 1 aromatic heterocycles. The van der Waals surface area contributed by atoms with Gasteiger partial charge in [-0.15, -0.1) is 0 Å². The number of halogens is 1. The van der Waals surface area contributed by atoms with Crippen LogP contribution < -0.4 is 9.47 Å². The van der Waals surface area contributed by atoms with Crippen LogP contribution in [0.25, 0.3) is 22.8 Å². The Morgan fingerprint density at radius 2 is 1.58 bits per heavy atom. The minimum atomic E-state index is 0.571. The number of hydrogen-bond acceptors (Lipinski definition) is 4. The Balaban J connectivity index is 1.91. The van der Waals surface area contributed by atoms with Crippen molar-refractivity contribution in [3.8, 4) is 34.3 Å². The summed E-state index contributed by atoms with van der Waals surface area (Å²) >= 11 is 3.43. The highest BCUT2D eigenvalue weighted by atomic mass is 79.9. The molecule has 5 nitrogen and oxygen atoms in total. The molecule has 0 aliphatic heterocycles. The number of aromatic amines is 1. The van der Waals surface area contributed by atoms with Crippen LogP contribution in [0.3, 0.4) is 0 Å². The standard InChI is InChI=1S/C18H18BrN3O2/c1-3-23-15-10-7-13(11-16(15)24-4-2)18-20-17(21-22-18)12-5-8-14(19)9-6-12/h5-11H,3-4H2,1-2H3,(H,20,21,22). The van der Waals surface area contributed by atoms with Gasteiger partial charge in [0.2, 0.25) is 0 Å². The quantitative estimate of drug-likeness (QED) is 0.665. The molecule has 1 N–H and O–H groups in total. The molecular weight excluding hydrogens is 370 g/mol. The molecule has 24 heavy (non-hydrogen) atoms. The number of benzene rings is 2. The lowest BCUT2D eigenvalue weighted by Gasteiger charge is -2.11. The zero-order chi connectivity index (χ0) is 16.9. The normalized spacial score (nSPS) is 10.6. The average Bonchev–Trinajstić information content (AvgIpc) is 3.07. The van der Waals surface area contributed by atoms with Crippen LogP contribution in [0.5, 0.6) is 11.5 Å². The van der Waals surface area contributed by atoms with Crippen molar-refractivity contribution in [2.45, 2.75) is 13.8 Å². The number of rotatable bonds is 6. The average molecular weight is 388 g/mol. The van der Waals surface area contributed by atoms with E-state index in [-0.39, 0.29) is 0 Å². The van der Waals surface area contributed by atoms with Crippen molar-refractivity contribution in [3.63, 3.8) is 0 Å². The predicted octanol–water partition coefficient (Wildman–Crippen LogP) is 4.70. The van der Waals surface area contributed by atoms with E-state index in [1.54, 1.807) is 0 Å². The molecule has 3 aromatic rings. The molecule has 0 saturated heterocycles. The van der Waals surface area contributed by atoms with E-state index in [1.807, 2.05) is 56.3 Å². The second kappa shape index (κ2) is 7.49. The molecule has 2 aromatic carbocycles. The summed E-state index contributed by atoms with van der Waals surface area (Å²) in [5.41, 5.74) is 1.86. The van der Waals surface area contributed by atoms with E-state index in [4.69, 9.17) is 9.47 Å². The summed E-state index contributed by atoms with van der Waals surface area (Å²) < 4.78 is 12.3. The summed E-state index contributed by atoms with van der Waals surface area (Å²) in [6.45, 7) is 5.06. The maximum Gasteiger partial charge on any atom is 0.181 e. The summed E-state index contributed by atoms with van der Waals surface area (Å²) in [4.78, 5) is 4.58. The first-order valence-corrected chi connectivity index (χ1v) is 8.59. The summed E-state index contributed by atoms with van der Waals surface area (Å²) in [5.74, 6) is 2.78. The molecule has 0 atom stereocenters. The molecule has 1 heterocycles. The van der Waals surface area contributed by atoms with E-state index in [9.17, 15) is 0 Å². The zero-order valence-corrected chi connectivity index (χ0v) is 15.1. The van der Waals surface area contributed by atoms with Crippen LogP contribution in [0, 0.1) is 0 Å². The summed E-state index contributed by atoms with van der Waals surface area (Å²) in [6.07, 6.45) is 0. The van der Waals surface area contributed by atoms with Gasteiger partial charge in [0.05, 0.1) is 13.2 Å². The fraction of sp³-hybridized carbons (Fsp3) is 0.222. The minimum absolute atomic E-state index is 0.571. The predicted molar refractivity (Wildman–Crippen MR) is 97.3 cm³/mol. The lowest BCUT2D eigenvalue weighted by Crippen LogP contribution is -1.98. The third kappa shape index (κ3) is 3.59. The third-order valence-corrected chi connectivity index (χ3v) is 3.93. The smallest absolute Gasteiger partial charge is 0.181 e. The van der Waals surface area contributed by atoms with Gasteiger partial charge in [-0.3, -0.25) is 5.10 Å². The molecule has 0 aliphatic carbocycles. The van der Waals surface area contributed by atoms with Gasteiger partial charge < -0.3 is 9.47 Å². The Kier molecular flexibility index (Phi) is 5.15. The van der Waals surface area contributed by atoms with Crippen LogP contribution >= 0.6 is 15.9 Å². The molecule has 0 saturated carbocycles. The van der Waals surface area contributed by atoms with E-state index in [2.05, 4.69) is 31.1 Å². The van der Waals surface area contributed by atoms with Gasteiger partial charge in [-0.25, -0.2) is 4.98 Å². The number of H-pyrrole nitrogens is 1. The highest BCUT2D eigenvalue weighted by Gasteiger charge is 2.12. The van der Waals surface area contributed by atoms with Crippen molar-refractivity contribution in [1.82, 2.24) is 15.2 Å². The number of aromatic nitrogens is 3. The third-order valence-electron chi connectivity index (χ3n) is 3.40. The Morgan fingerprint density at radius 3 is 2.29 bits per heavy atom. The lowest BCUT2D eigenvalue weighted by atomic mass is 10.2. The van der Waals surface area contributed by atoms with Gasteiger partial charge in [-0.05, 0) is 44.2 Å². The SMILES string of the molecule is CCOc1ccc(-c2n[nH]c(-c3ccc(Br)cc3)n2)cc1OCC.